The molecule has 0 amide bonds. The highest BCUT2D eigenvalue weighted by Gasteiger charge is 2.38. The van der Waals surface area contributed by atoms with Gasteiger partial charge in [0.05, 0.1) is 11.4 Å². The van der Waals surface area contributed by atoms with Gasteiger partial charge in [0, 0.05) is 22.2 Å². The first-order valence-electron chi connectivity index (χ1n) is 23.7. The van der Waals surface area contributed by atoms with E-state index in [0.717, 1.165) is 17.1 Å². The summed E-state index contributed by atoms with van der Waals surface area (Å²) in [5, 5.41) is 2.52. The maximum absolute atomic E-state index is 2.51. The fourth-order valence-electron chi connectivity index (χ4n) is 10.9. The molecule has 11 aromatic carbocycles. The van der Waals surface area contributed by atoms with Gasteiger partial charge in [0.25, 0.3) is 0 Å². The molecular formula is C67H49N. The van der Waals surface area contributed by atoms with Crippen molar-refractivity contribution >= 4 is 27.8 Å². The van der Waals surface area contributed by atoms with Crippen LogP contribution in [0.25, 0.3) is 88.7 Å². The molecule has 1 aliphatic rings. The number of nitrogens with zero attached hydrogens (tertiary/aromatic N) is 1. The van der Waals surface area contributed by atoms with E-state index in [1.807, 2.05) is 0 Å². The summed E-state index contributed by atoms with van der Waals surface area (Å²) < 4.78 is 0. The van der Waals surface area contributed by atoms with E-state index in [2.05, 4.69) is 280 Å². The van der Waals surface area contributed by atoms with E-state index in [-0.39, 0.29) is 5.41 Å². The van der Waals surface area contributed by atoms with Crippen LogP contribution < -0.4 is 4.90 Å². The molecule has 0 fully saturated rings. The number of hydrogen-bond acceptors (Lipinski definition) is 1. The minimum atomic E-state index is -0.196. The number of fused-ring (bicyclic) bond motifs is 4. The van der Waals surface area contributed by atoms with Gasteiger partial charge in [0.1, 0.15) is 0 Å². The third kappa shape index (κ3) is 7.03. The van der Waals surface area contributed by atoms with Crippen LogP contribution in [0.1, 0.15) is 25.0 Å². The summed E-state index contributed by atoms with van der Waals surface area (Å²) in [6, 6.07) is 95.7. The zero-order chi connectivity index (χ0) is 45.6. The molecule has 0 aromatic heterocycles. The topological polar surface area (TPSA) is 3.24 Å². The average Bonchev–Trinajstić information content (AvgIpc) is 3.65. The van der Waals surface area contributed by atoms with Crippen molar-refractivity contribution < 1.29 is 0 Å². The molecule has 0 unspecified atom stereocenters. The SMILES string of the molecule is CC1(C)c2ccccc2-c2cccc(-c3ccccc3N(c3ccc(-c4ccc(-c5cccc6ccccc56)cc4)cc3)c3cccc(-c4ccccc4)c3-c3ccccc3-c3ccccc3)c21. The van der Waals surface area contributed by atoms with Crippen LogP contribution in [0, 0.1) is 0 Å². The van der Waals surface area contributed by atoms with Gasteiger partial charge in [-0.25, -0.2) is 0 Å². The summed E-state index contributed by atoms with van der Waals surface area (Å²) in [6.07, 6.45) is 0. The van der Waals surface area contributed by atoms with Crippen LogP contribution >= 0.6 is 0 Å². The molecule has 1 heteroatoms. The molecule has 0 saturated heterocycles. The van der Waals surface area contributed by atoms with E-state index >= 15 is 0 Å². The molecule has 1 nitrogen and oxygen atoms in total. The summed E-state index contributed by atoms with van der Waals surface area (Å²) in [4.78, 5) is 2.51. The molecule has 0 heterocycles. The van der Waals surface area contributed by atoms with E-state index in [4.69, 9.17) is 0 Å². The molecule has 0 saturated carbocycles. The highest BCUT2D eigenvalue weighted by Crippen LogP contribution is 2.55. The molecular weight excluding hydrogens is 819 g/mol. The van der Waals surface area contributed by atoms with Crippen molar-refractivity contribution in [1.82, 2.24) is 0 Å². The van der Waals surface area contributed by atoms with Crippen LogP contribution in [0.15, 0.2) is 261 Å². The molecule has 0 spiro atoms. The third-order valence-corrected chi connectivity index (χ3v) is 14.1. The molecule has 11 aromatic rings. The first-order valence-corrected chi connectivity index (χ1v) is 23.7. The molecule has 68 heavy (non-hydrogen) atoms. The Bertz CT molecular complexity index is 3620. The smallest absolute Gasteiger partial charge is 0.0546 e. The average molecular weight is 868 g/mol. The maximum atomic E-state index is 2.51. The highest BCUT2D eigenvalue weighted by molar-refractivity contribution is 6.03. The fraction of sp³-hybridized carbons (Fsp3) is 0.0448. The summed E-state index contributed by atoms with van der Waals surface area (Å²) in [7, 11) is 0. The lowest BCUT2D eigenvalue weighted by molar-refractivity contribution is 0.662. The Kier molecular flexibility index (Phi) is 10.3. The highest BCUT2D eigenvalue weighted by atomic mass is 15.1. The molecule has 0 radical (unpaired) electrons. The summed E-state index contributed by atoms with van der Waals surface area (Å²) in [5.74, 6) is 0. The van der Waals surface area contributed by atoms with E-state index in [1.165, 1.54) is 99.8 Å². The number of para-hydroxylation sites is 1. The monoisotopic (exact) mass is 867 g/mol. The van der Waals surface area contributed by atoms with E-state index < -0.39 is 0 Å². The minimum Gasteiger partial charge on any atom is -0.309 e. The first-order chi connectivity index (χ1) is 33.5. The van der Waals surface area contributed by atoms with E-state index in [0.29, 0.717) is 0 Å². The predicted octanol–water partition coefficient (Wildman–Crippen LogP) is 18.6. The standard InChI is InChI=1S/C67H49N/c1-67(2)62-35-15-13-28-57(62)60-33-18-34-61(66(60)67)58-29-14-16-36-63(58)68(52-44-42-47(43-45-52)46-38-40-51(41-39-46)54-31-17-25-49-24-9-10-26-53(49)54)64-37-19-32-56(50-22-7-4-8-23-50)65(64)59-30-12-11-27-55(59)48-20-5-3-6-21-48/h3-45H,1-2H3. The van der Waals surface area contributed by atoms with Gasteiger partial charge in [0.2, 0.25) is 0 Å². The Labute approximate surface area is 399 Å². The van der Waals surface area contributed by atoms with Crippen LogP contribution in [0.5, 0.6) is 0 Å². The van der Waals surface area contributed by atoms with Crippen LogP contribution in [0.4, 0.5) is 17.1 Å². The molecule has 1 aliphatic carbocycles. The third-order valence-electron chi connectivity index (χ3n) is 14.1. The Morgan fingerprint density at radius 3 is 1.46 bits per heavy atom. The van der Waals surface area contributed by atoms with Crippen molar-refractivity contribution in [3.05, 3.63) is 272 Å². The van der Waals surface area contributed by atoms with Gasteiger partial charge >= 0.3 is 0 Å². The zero-order valence-electron chi connectivity index (χ0n) is 38.3. The van der Waals surface area contributed by atoms with Crippen LogP contribution in [0.3, 0.4) is 0 Å². The lowest BCUT2D eigenvalue weighted by Gasteiger charge is -2.32. The summed E-state index contributed by atoms with van der Waals surface area (Å²) in [5.41, 5.74) is 22.8. The maximum Gasteiger partial charge on any atom is 0.0546 e. The van der Waals surface area contributed by atoms with Crippen LogP contribution in [-0.4, -0.2) is 0 Å². The van der Waals surface area contributed by atoms with Gasteiger partial charge in [-0.05, 0) is 113 Å². The van der Waals surface area contributed by atoms with Gasteiger partial charge in [-0.15, -0.1) is 0 Å². The van der Waals surface area contributed by atoms with Gasteiger partial charge in [-0.2, -0.15) is 0 Å². The number of benzene rings is 11. The number of hydrogen-bond donors (Lipinski definition) is 0. The largest absolute Gasteiger partial charge is 0.309 e. The van der Waals surface area contributed by atoms with Gasteiger partial charge in [-0.1, -0.05) is 250 Å². The summed E-state index contributed by atoms with van der Waals surface area (Å²) >= 11 is 0. The number of anilines is 3. The van der Waals surface area contributed by atoms with E-state index in [9.17, 15) is 0 Å². The van der Waals surface area contributed by atoms with Crippen molar-refractivity contribution in [3.63, 3.8) is 0 Å². The Morgan fingerprint density at radius 2 is 0.721 bits per heavy atom. The Morgan fingerprint density at radius 1 is 0.279 bits per heavy atom. The minimum absolute atomic E-state index is 0.196. The van der Waals surface area contributed by atoms with Gasteiger partial charge in [0.15, 0.2) is 0 Å². The first kappa shape index (κ1) is 40.9. The lowest BCUT2D eigenvalue weighted by Crippen LogP contribution is -2.17. The molecule has 0 aliphatic heterocycles. The van der Waals surface area contributed by atoms with Gasteiger partial charge in [-0.3, -0.25) is 0 Å². The Balaban J connectivity index is 1.07. The lowest BCUT2D eigenvalue weighted by atomic mass is 9.78. The second-order valence-corrected chi connectivity index (χ2v) is 18.4. The van der Waals surface area contributed by atoms with Crippen molar-refractivity contribution in [1.29, 1.82) is 0 Å². The zero-order valence-corrected chi connectivity index (χ0v) is 38.3. The van der Waals surface area contributed by atoms with Crippen molar-refractivity contribution in [3.8, 4) is 77.9 Å². The molecule has 0 bridgehead atoms. The van der Waals surface area contributed by atoms with Crippen molar-refractivity contribution in [2.75, 3.05) is 4.90 Å². The van der Waals surface area contributed by atoms with Crippen molar-refractivity contribution in [2.24, 2.45) is 0 Å². The molecule has 0 atom stereocenters. The quantitative estimate of drug-likeness (QED) is 0.140. The van der Waals surface area contributed by atoms with Crippen LogP contribution in [0.2, 0.25) is 0 Å². The summed E-state index contributed by atoms with van der Waals surface area (Å²) in [6.45, 7) is 4.77. The normalized spacial score (nSPS) is 12.4. The Hall–Kier alpha value is -8.52. The second-order valence-electron chi connectivity index (χ2n) is 18.4. The fourth-order valence-corrected chi connectivity index (χ4v) is 10.9. The van der Waals surface area contributed by atoms with E-state index in [1.54, 1.807) is 0 Å². The van der Waals surface area contributed by atoms with Crippen molar-refractivity contribution in [2.45, 2.75) is 19.3 Å². The number of rotatable bonds is 9. The molecule has 12 rings (SSSR count). The molecule has 0 N–H and O–H groups in total. The molecule has 322 valence electrons. The second kappa shape index (κ2) is 17.0. The predicted molar refractivity (Wildman–Crippen MR) is 289 cm³/mol. The van der Waals surface area contributed by atoms with Crippen LogP contribution in [-0.2, 0) is 5.41 Å². The van der Waals surface area contributed by atoms with Gasteiger partial charge < -0.3 is 4.90 Å².